The molecule has 0 aliphatic carbocycles. The van der Waals surface area contributed by atoms with Gasteiger partial charge in [-0.3, -0.25) is 4.72 Å². The molecule has 2 aromatic carbocycles. The molecular weight excluding hydrogens is 434 g/mol. The molecule has 0 aromatic heterocycles. The Morgan fingerprint density at radius 1 is 1.05 bits per heavy atom. The highest BCUT2D eigenvalue weighted by Crippen LogP contribution is 2.28. The third-order valence-corrected chi connectivity index (χ3v) is 5.06. The van der Waals surface area contributed by atoms with Crippen molar-refractivity contribution in [1.29, 1.82) is 0 Å². The van der Waals surface area contributed by atoms with Crippen molar-refractivity contribution in [3.63, 3.8) is 0 Å². The Bertz CT molecular complexity index is 813. The number of hydrogen-bond acceptors (Lipinski definition) is 3. The number of nitrogens with two attached hydrogens (primary N) is 1. The van der Waals surface area contributed by atoms with E-state index in [0.29, 0.717) is 4.47 Å². The predicted octanol–water partition coefficient (Wildman–Crippen LogP) is 3.87. The van der Waals surface area contributed by atoms with Crippen LogP contribution in [0.2, 0.25) is 0 Å². The summed E-state index contributed by atoms with van der Waals surface area (Å²) < 4.78 is 53.9. The van der Waals surface area contributed by atoms with Gasteiger partial charge in [0.05, 0.1) is 15.8 Å². The average Bonchev–Trinajstić information content (AvgIpc) is 2.35. The van der Waals surface area contributed by atoms with Crippen molar-refractivity contribution in [2.75, 3.05) is 10.5 Å². The second-order valence-corrected chi connectivity index (χ2v) is 7.45. The number of nitrogen functional groups attached to an aromatic ring is 1. The van der Waals surface area contributed by atoms with Crippen molar-refractivity contribution in [1.82, 2.24) is 0 Å². The lowest BCUT2D eigenvalue weighted by atomic mass is 10.3. The van der Waals surface area contributed by atoms with Gasteiger partial charge in [-0.25, -0.2) is 17.2 Å². The van der Waals surface area contributed by atoms with Crippen molar-refractivity contribution in [2.45, 2.75) is 4.90 Å². The third-order valence-electron chi connectivity index (χ3n) is 2.52. The lowest BCUT2D eigenvalue weighted by molar-refractivity contribution is 0.592. The Morgan fingerprint density at radius 2 is 1.71 bits per heavy atom. The molecule has 0 unspecified atom stereocenters. The summed E-state index contributed by atoms with van der Waals surface area (Å²) in [5.74, 6) is -1.71. The highest BCUT2D eigenvalue weighted by molar-refractivity contribution is 9.10. The van der Waals surface area contributed by atoms with Gasteiger partial charge in [0.2, 0.25) is 0 Å². The van der Waals surface area contributed by atoms with Gasteiger partial charge in [-0.05, 0) is 40.2 Å². The standard InChI is InChI=1S/C12H8Br2F2N2O2S/c13-6-1-2-12(10(17)3-6)21(19,20)18-11-5-8(15)7(14)4-9(11)16/h1-5,18H,17H2. The summed E-state index contributed by atoms with van der Waals surface area (Å²) >= 11 is 5.96. The highest BCUT2D eigenvalue weighted by atomic mass is 79.9. The van der Waals surface area contributed by atoms with Crippen LogP contribution >= 0.6 is 31.9 Å². The first kappa shape index (κ1) is 16.2. The SMILES string of the molecule is Nc1cc(Br)ccc1S(=O)(=O)Nc1cc(F)c(Br)cc1F. The minimum atomic E-state index is -4.13. The van der Waals surface area contributed by atoms with Gasteiger partial charge in [-0.2, -0.15) is 0 Å². The number of anilines is 2. The van der Waals surface area contributed by atoms with E-state index < -0.39 is 27.3 Å². The first-order valence-electron chi connectivity index (χ1n) is 5.43. The molecule has 3 N–H and O–H groups in total. The van der Waals surface area contributed by atoms with Crippen molar-refractivity contribution in [3.05, 3.63) is 50.9 Å². The van der Waals surface area contributed by atoms with Crippen LogP contribution in [0, 0.1) is 11.6 Å². The van der Waals surface area contributed by atoms with Crippen LogP contribution in [0.25, 0.3) is 0 Å². The normalized spacial score (nSPS) is 11.4. The van der Waals surface area contributed by atoms with Crippen LogP contribution in [0.3, 0.4) is 0 Å². The molecule has 112 valence electrons. The van der Waals surface area contributed by atoms with E-state index in [2.05, 4.69) is 31.9 Å². The van der Waals surface area contributed by atoms with E-state index in [0.717, 1.165) is 12.1 Å². The molecule has 2 rings (SSSR count). The summed E-state index contributed by atoms with van der Waals surface area (Å²) in [5, 5.41) is 0. The highest BCUT2D eigenvalue weighted by Gasteiger charge is 2.20. The van der Waals surface area contributed by atoms with Crippen molar-refractivity contribution >= 4 is 53.3 Å². The Balaban J connectivity index is 2.45. The maximum atomic E-state index is 13.7. The van der Waals surface area contributed by atoms with E-state index in [1.54, 1.807) is 0 Å². The molecule has 0 aliphatic heterocycles. The van der Waals surface area contributed by atoms with Crippen LogP contribution in [0.1, 0.15) is 0 Å². The second kappa shape index (κ2) is 5.90. The fourth-order valence-electron chi connectivity index (χ4n) is 1.56. The first-order valence-corrected chi connectivity index (χ1v) is 8.50. The monoisotopic (exact) mass is 440 g/mol. The van der Waals surface area contributed by atoms with Crippen LogP contribution in [0.15, 0.2) is 44.2 Å². The van der Waals surface area contributed by atoms with Gasteiger partial charge in [-0.15, -0.1) is 0 Å². The van der Waals surface area contributed by atoms with Gasteiger partial charge in [0.1, 0.15) is 16.5 Å². The van der Waals surface area contributed by atoms with Gasteiger partial charge in [0.15, 0.2) is 0 Å². The molecule has 21 heavy (non-hydrogen) atoms. The maximum Gasteiger partial charge on any atom is 0.264 e. The van der Waals surface area contributed by atoms with E-state index in [1.807, 2.05) is 4.72 Å². The molecule has 0 fully saturated rings. The van der Waals surface area contributed by atoms with E-state index >= 15 is 0 Å². The molecule has 0 radical (unpaired) electrons. The summed E-state index contributed by atoms with van der Waals surface area (Å²) in [6.07, 6.45) is 0. The Kier molecular flexibility index (Phi) is 4.54. The minimum Gasteiger partial charge on any atom is -0.398 e. The fourth-order valence-corrected chi connectivity index (χ4v) is 3.43. The Labute approximate surface area is 136 Å². The number of hydrogen-bond donors (Lipinski definition) is 2. The quantitative estimate of drug-likeness (QED) is 0.560. The molecule has 9 heteroatoms. The fraction of sp³-hybridized carbons (Fsp3) is 0. The summed E-state index contributed by atoms with van der Waals surface area (Å²) in [6.45, 7) is 0. The van der Waals surface area contributed by atoms with Crippen molar-refractivity contribution < 1.29 is 17.2 Å². The number of benzene rings is 2. The smallest absolute Gasteiger partial charge is 0.264 e. The predicted molar refractivity (Wildman–Crippen MR) is 83.4 cm³/mol. The van der Waals surface area contributed by atoms with E-state index in [-0.39, 0.29) is 15.1 Å². The Hall–Kier alpha value is -1.19. The number of sulfonamides is 1. The van der Waals surface area contributed by atoms with Gasteiger partial charge in [0, 0.05) is 10.5 Å². The van der Waals surface area contributed by atoms with Crippen LogP contribution in [-0.2, 0) is 10.0 Å². The number of rotatable bonds is 3. The van der Waals surface area contributed by atoms with Crippen LogP contribution in [0.5, 0.6) is 0 Å². The molecule has 0 heterocycles. The summed E-state index contributed by atoms with van der Waals surface area (Å²) in [4.78, 5) is -0.228. The van der Waals surface area contributed by atoms with Crippen LogP contribution in [-0.4, -0.2) is 8.42 Å². The van der Waals surface area contributed by atoms with Gasteiger partial charge >= 0.3 is 0 Å². The average molecular weight is 442 g/mol. The van der Waals surface area contributed by atoms with Gasteiger partial charge in [-0.1, -0.05) is 15.9 Å². The zero-order valence-corrected chi connectivity index (χ0v) is 14.2. The van der Waals surface area contributed by atoms with E-state index in [4.69, 9.17) is 5.73 Å². The molecule has 0 saturated heterocycles. The lowest BCUT2D eigenvalue weighted by Crippen LogP contribution is -2.16. The molecule has 0 aliphatic rings. The van der Waals surface area contributed by atoms with Crippen LogP contribution < -0.4 is 10.5 Å². The first-order chi connectivity index (χ1) is 9.70. The molecule has 0 saturated carbocycles. The molecular formula is C12H8Br2F2N2O2S. The summed E-state index contributed by atoms with van der Waals surface area (Å²) in [6, 6.07) is 5.70. The minimum absolute atomic E-state index is 0.0186. The number of nitrogens with one attached hydrogen (secondary N) is 1. The lowest BCUT2D eigenvalue weighted by Gasteiger charge is -2.11. The van der Waals surface area contributed by atoms with E-state index in [9.17, 15) is 17.2 Å². The molecule has 2 aromatic rings. The molecule has 0 bridgehead atoms. The molecule has 0 amide bonds. The third kappa shape index (κ3) is 3.53. The second-order valence-electron chi connectivity index (χ2n) is 4.03. The zero-order chi connectivity index (χ0) is 15.8. The van der Waals surface area contributed by atoms with Crippen LogP contribution in [0.4, 0.5) is 20.2 Å². The summed E-state index contributed by atoms with van der Waals surface area (Å²) in [7, 11) is -4.13. The Morgan fingerprint density at radius 3 is 2.33 bits per heavy atom. The van der Waals surface area contributed by atoms with Gasteiger partial charge in [0.25, 0.3) is 10.0 Å². The van der Waals surface area contributed by atoms with E-state index in [1.165, 1.54) is 18.2 Å². The molecule has 4 nitrogen and oxygen atoms in total. The largest absolute Gasteiger partial charge is 0.398 e. The van der Waals surface area contributed by atoms with Crippen molar-refractivity contribution in [3.8, 4) is 0 Å². The topological polar surface area (TPSA) is 72.2 Å². The zero-order valence-electron chi connectivity index (χ0n) is 10.2. The molecule has 0 spiro atoms. The number of halogens is 4. The summed E-state index contributed by atoms with van der Waals surface area (Å²) in [5.41, 5.74) is 5.11. The molecule has 0 atom stereocenters. The van der Waals surface area contributed by atoms with Gasteiger partial charge < -0.3 is 5.73 Å². The maximum absolute atomic E-state index is 13.7. The van der Waals surface area contributed by atoms with Crippen molar-refractivity contribution in [2.24, 2.45) is 0 Å².